The minimum absolute atomic E-state index is 0.263. The molecule has 0 radical (unpaired) electrons. The standard InChI is InChI=1S/C13H19N3O2/c1-2-6-14-10(3-1)13-15-12(16-18-13)9-7-8-4-5-11(9)17-8/h8-11,14H,1-7H2. The highest BCUT2D eigenvalue weighted by molar-refractivity contribution is 5.08. The van der Waals surface area contributed by atoms with Crippen molar-refractivity contribution >= 4 is 0 Å². The molecule has 0 amide bonds. The maximum absolute atomic E-state index is 5.86. The second-order valence-corrected chi connectivity index (χ2v) is 5.71. The van der Waals surface area contributed by atoms with Crippen molar-refractivity contribution in [3.8, 4) is 0 Å². The van der Waals surface area contributed by atoms with Gasteiger partial charge >= 0.3 is 0 Å². The minimum atomic E-state index is 0.263. The number of nitrogens with one attached hydrogen (secondary N) is 1. The third kappa shape index (κ3) is 1.77. The molecule has 0 aliphatic carbocycles. The molecule has 3 saturated heterocycles. The lowest BCUT2D eigenvalue weighted by Crippen LogP contribution is -2.27. The van der Waals surface area contributed by atoms with Crippen molar-refractivity contribution in [2.45, 2.75) is 62.7 Å². The first-order valence-corrected chi connectivity index (χ1v) is 7.12. The van der Waals surface area contributed by atoms with Gasteiger partial charge in [0.15, 0.2) is 5.82 Å². The summed E-state index contributed by atoms with van der Waals surface area (Å²) in [6, 6.07) is 0.263. The zero-order valence-corrected chi connectivity index (χ0v) is 10.5. The monoisotopic (exact) mass is 249 g/mol. The Bertz CT molecular complexity index is 428. The Morgan fingerprint density at radius 2 is 2.17 bits per heavy atom. The van der Waals surface area contributed by atoms with Crippen LogP contribution < -0.4 is 5.32 Å². The van der Waals surface area contributed by atoms with Gasteiger partial charge in [0, 0.05) is 0 Å². The van der Waals surface area contributed by atoms with E-state index in [1.165, 1.54) is 19.3 Å². The molecule has 98 valence electrons. The molecule has 0 saturated carbocycles. The maximum Gasteiger partial charge on any atom is 0.243 e. The van der Waals surface area contributed by atoms with E-state index in [0.717, 1.165) is 37.5 Å². The summed E-state index contributed by atoms with van der Waals surface area (Å²) in [4.78, 5) is 4.61. The maximum atomic E-state index is 5.86. The molecule has 4 atom stereocenters. The van der Waals surface area contributed by atoms with Crippen molar-refractivity contribution in [1.29, 1.82) is 0 Å². The molecule has 18 heavy (non-hydrogen) atoms. The highest BCUT2D eigenvalue weighted by atomic mass is 16.5. The Hall–Kier alpha value is -0.940. The Kier molecular flexibility index (Phi) is 2.62. The first-order chi connectivity index (χ1) is 8.90. The lowest BCUT2D eigenvalue weighted by atomic mass is 9.89. The Balaban J connectivity index is 1.51. The van der Waals surface area contributed by atoms with Gasteiger partial charge < -0.3 is 14.6 Å². The van der Waals surface area contributed by atoms with Gasteiger partial charge in [0.25, 0.3) is 0 Å². The van der Waals surface area contributed by atoms with Crippen LogP contribution in [0, 0.1) is 0 Å². The highest BCUT2D eigenvalue weighted by Crippen LogP contribution is 2.43. The molecule has 4 unspecified atom stereocenters. The van der Waals surface area contributed by atoms with Gasteiger partial charge in [-0.2, -0.15) is 4.98 Å². The summed E-state index contributed by atoms with van der Waals surface area (Å²) in [6.07, 6.45) is 7.80. The number of hydrogen-bond acceptors (Lipinski definition) is 5. The lowest BCUT2D eigenvalue weighted by Gasteiger charge is -2.19. The predicted octanol–water partition coefficient (Wildman–Crippen LogP) is 1.92. The molecule has 1 N–H and O–H groups in total. The quantitative estimate of drug-likeness (QED) is 0.867. The fraction of sp³-hybridized carbons (Fsp3) is 0.846. The van der Waals surface area contributed by atoms with E-state index < -0.39 is 0 Å². The number of piperidine rings is 1. The van der Waals surface area contributed by atoms with E-state index in [2.05, 4.69) is 15.5 Å². The molecular formula is C13H19N3O2. The largest absolute Gasteiger partial charge is 0.374 e. The van der Waals surface area contributed by atoms with Crippen molar-refractivity contribution in [2.24, 2.45) is 0 Å². The Morgan fingerprint density at radius 3 is 2.89 bits per heavy atom. The molecule has 4 rings (SSSR count). The molecular weight excluding hydrogens is 230 g/mol. The van der Waals surface area contributed by atoms with Gasteiger partial charge in [0.05, 0.1) is 24.2 Å². The van der Waals surface area contributed by atoms with E-state index >= 15 is 0 Å². The first kappa shape index (κ1) is 10.9. The minimum Gasteiger partial charge on any atom is -0.374 e. The van der Waals surface area contributed by atoms with E-state index in [0.29, 0.717) is 18.1 Å². The third-order valence-electron chi connectivity index (χ3n) is 4.50. The molecule has 1 aromatic heterocycles. The second kappa shape index (κ2) is 4.31. The zero-order valence-electron chi connectivity index (χ0n) is 10.5. The van der Waals surface area contributed by atoms with Gasteiger partial charge in [-0.05, 0) is 38.6 Å². The summed E-state index contributed by atoms with van der Waals surface area (Å²) in [5.74, 6) is 2.00. The summed E-state index contributed by atoms with van der Waals surface area (Å²) >= 11 is 0. The summed E-state index contributed by atoms with van der Waals surface area (Å²) in [5, 5.41) is 7.63. The van der Waals surface area contributed by atoms with Gasteiger partial charge in [-0.25, -0.2) is 0 Å². The predicted molar refractivity (Wildman–Crippen MR) is 64.1 cm³/mol. The number of rotatable bonds is 2. The van der Waals surface area contributed by atoms with Crippen LogP contribution >= 0.6 is 0 Å². The van der Waals surface area contributed by atoms with Crippen LogP contribution in [0.2, 0.25) is 0 Å². The summed E-state index contributed by atoms with van der Waals surface area (Å²) < 4.78 is 11.3. The van der Waals surface area contributed by atoms with E-state index in [9.17, 15) is 0 Å². The van der Waals surface area contributed by atoms with Crippen LogP contribution in [0.3, 0.4) is 0 Å². The number of hydrogen-bond donors (Lipinski definition) is 1. The summed E-state index contributed by atoms with van der Waals surface area (Å²) in [7, 11) is 0. The smallest absolute Gasteiger partial charge is 0.243 e. The van der Waals surface area contributed by atoms with Gasteiger partial charge in [-0.15, -0.1) is 0 Å². The molecule has 3 aliphatic rings. The molecule has 1 aromatic rings. The van der Waals surface area contributed by atoms with Gasteiger partial charge in [0.2, 0.25) is 5.89 Å². The van der Waals surface area contributed by atoms with Gasteiger partial charge in [-0.3, -0.25) is 0 Å². The topological polar surface area (TPSA) is 60.2 Å². The van der Waals surface area contributed by atoms with E-state index in [1.807, 2.05) is 0 Å². The molecule has 0 aromatic carbocycles. The molecule has 0 spiro atoms. The Labute approximate surface area is 106 Å². The van der Waals surface area contributed by atoms with Gasteiger partial charge in [-0.1, -0.05) is 11.6 Å². The molecule has 4 heterocycles. The fourth-order valence-electron chi connectivity index (χ4n) is 3.51. The summed E-state index contributed by atoms with van der Waals surface area (Å²) in [5.41, 5.74) is 0. The number of nitrogens with zero attached hydrogens (tertiary/aromatic N) is 2. The molecule has 3 aliphatic heterocycles. The second-order valence-electron chi connectivity index (χ2n) is 5.71. The van der Waals surface area contributed by atoms with E-state index in [4.69, 9.17) is 9.26 Å². The van der Waals surface area contributed by atoms with Crippen LogP contribution in [0.1, 0.15) is 62.2 Å². The fourth-order valence-corrected chi connectivity index (χ4v) is 3.51. The van der Waals surface area contributed by atoms with Crippen molar-refractivity contribution < 1.29 is 9.26 Å². The van der Waals surface area contributed by atoms with Crippen molar-refractivity contribution in [3.05, 3.63) is 11.7 Å². The van der Waals surface area contributed by atoms with E-state index in [1.54, 1.807) is 0 Å². The SMILES string of the molecule is C1CCC(c2nc(C3CC4CCC3O4)no2)NC1. The van der Waals surface area contributed by atoms with Crippen LogP contribution in [-0.2, 0) is 4.74 Å². The van der Waals surface area contributed by atoms with Crippen LogP contribution in [-0.4, -0.2) is 28.9 Å². The molecule has 3 fully saturated rings. The lowest BCUT2D eigenvalue weighted by molar-refractivity contribution is 0.0996. The molecule has 5 nitrogen and oxygen atoms in total. The van der Waals surface area contributed by atoms with Crippen molar-refractivity contribution in [2.75, 3.05) is 6.54 Å². The summed E-state index contributed by atoms with van der Waals surface area (Å²) in [6.45, 7) is 1.06. The third-order valence-corrected chi connectivity index (χ3v) is 4.50. The highest BCUT2D eigenvalue weighted by Gasteiger charge is 2.43. The van der Waals surface area contributed by atoms with Crippen molar-refractivity contribution in [1.82, 2.24) is 15.5 Å². The average Bonchev–Trinajstić information content (AvgIpc) is 3.15. The van der Waals surface area contributed by atoms with Crippen LogP contribution in [0.15, 0.2) is 4.52 Å². The normalized spacial score (nSPS) is 39.3. The van der Waals surface area contributed by atoms with Crippen molar-refractivity contribution in [3.63, 3.8) is 0 Å². The number of aromatic nitrogens is 2. The van der Waals surface area contributed by atoms with Crippen LogP contribution in [0.25, 0.3) is 0 Å². The molecule has 2 bridgehead atoms. The first-order valence-electron chi connectivity index (χ1n) is 7.12. The van der Waals surface area contributed by atoms with Crippen LogP contribution in [0.4, 0.5) is 0 Å². The zero-order chi connectivity index (χ0) is 11.9. The van der Waals surface area contributed by atoms with E-state index in [-0.39, 0.29) is 6.04 Å². The molecule has 5 heteroatoms. The van der Waals surface area contributed by atoms with Crippen LogP contribution in [0.5, 0.6) is 0 Å². The Morgan fingerprint density at radius 1 is 1.17 bits per heavy atom. The van der Waals surface area contributed by atoms with Gasteiger partial charge in [0.1, 0.15) is 0 Å². The average molecular weight is 249 g/mol. The number of fused-ring (bicyclic) bond motifs is 2. The number of ether oxygens (including phenoxy) is 1.